The number of urea groups is 1. The van der Waals surface area contributed by atoms with Crippen LogP contribution in [0.3, 0.4) is 0 Å². The zero-order chi connectivity index (χ0) is 28.8. The molecule has 0 aromatic heterocycles. The highest BCUT2D eigenvalue weighted by atomic mass is 19.4. The van der Waals surface area contributed by atoms with Crippen molar-refractivity contribution in [3.05, 3.63) is 89.0 Å². The van der Waals surface area contributed by atoms with Gasteiger partial charge in [-0.2, -0.15) is 13.2 Å². The van der Waals surface area contributed by atoms with Gasteiger partial charge in [0.25, 0.3) is 5.91 Å². The van der Waals surface area contributed by atoms with Crippen LogP contribution in [0.2, 0.25) is 0 Å². The summed E-state index contributed by atoms with van der Waals surface area (Å²) in [6, 6.07) is 17.0. The highest BCUT2D eigenvalue weighted by Gasteiger charge is 2.30. The van der Waals surface area contributed by atoms with Crippen molar-refractivity contribution in [2.45, 2.75) is 19.1 Å². The van der Waals surface area contributed by atoms with Gasteiger partial charge in [-0.3, -0.25) is 9.69 Å². The molecular formula is C30H32F3N5O3. The number of anilines is 3. The predicted octanol–water partition coefficient (Wildman–Crippen LogP) is 4.97. The fourth-order valence-corrected chi connectivity index (χ4v) is 5.09. The molecule has 216 valence electrons. The molecule has 0 spiro atoms. The highest BCUT2D eigenvalue weighted by molar-refractivity contribution is 6.04. The van der Waals surface area contributed by atoms with E-state index in [0.29, 0.717) is 44.1 Å². The zero-order valence-electron chi connectivity index (χ0n) is 22.5. The molecule has 2 aliphatic heterocycles. The molecule has 3 aromatic rings. The largest absolute Gasteiger partial charge is 0.416 e. The molecule has 5 rings (SSSR count). The van der Waals surface area contributed by atoms with Crippen molar-refractivity contribution in [1.82, 2.24) is 10.2 Å². The zero-order valence-corrected chi connectivity index (χ0v) is 22.5. The van der Waals surface area contributed by atoms with Crippen molar-refractivity contribution in [1.29, 1.82) is 0 Å². The van der Waals surface area contributed by atoms with Crippen LogP contribution in [0.4, 0.5) is 35.0 Å². The van der Waals surface area contributed by atoms with Gasteiger partial charge in [-0.05, 0) is 53.9 Å². The van der Waals surface area contributed by atoms with Crippen LogP contribution in [0.25, 0.3) is 0 Å². The van der Waals surface area contributed by atoms with E-state index in [1.807, 2.05) is 12.1 Å². The van der Waals surface area contributed by atoms with E-state index >= 15 is 0 Å². The molecule has 1 fully saturated rings. The molecule has 1 saturated heterocycles. The molecule has 3 aromatic carbocycles. The Kier molecular flexibility index (Phi) is 8.75. The molecule has 0 radical (unpaired) electrons. The number of alkyl halides is 3. The van der Waals surface area contributed by atoms with Gasteiger partial charge >= 0.3 is 12.2 Å². The fourth-order valence-electron chi connectivity index (χ4n) is 5.09. The summed E-state index contributed by atoms with van der Waals surface area (Å²) in [4.78, 5) is 30.5. The van der Waals surface area contributed by atoms with Crippen molar-refractivity contribution in [3.63, 3.8) is 0 Å². The summed E-state index contributed by atoms with van der Waals surface area (Å²) in [6.45, 7) is 5.49. The summed E-state index contributed by atoms with van der Waals surface area (Å²) >= 11 is 0. The third-order valence-corrected chi connectivity index (χ3v) is 7.24. The molecule has 0 atom stereocenters. The number of rotatable bonds is 7. The van der Waals surface area contributed by atoms with E-state index in [2.05, 4.69) is 37.9 Å². The number of benzene rings is 3. The minimum absolute atomic E-state index is 0.00186. The van der Waals surface area contributed by atoms with Gasteiger partial charge in [0, 0.05) is 56.3 Å². The van der Waals surface area contributed by atoms with E-state index < -0.39 is 17.8 Å². The number of carbonyl (C=O) groups excluding carboxylic acids is 2. The number of halogens is 3. The number of ether oxygens (including phenoxy) is 1. The Labute approximate surface area is 236 Å². The van der Waals surface area contributed by atoms with Crippen LogP contribution in [0.1, 0.15) is 27.0 Å². The molecule has 3 N–H and O–H groups in total. The molecule has 2 aliphatic rings. The molecule has 11 heteroatoms. The number of hydrogen-bond donors (Lipinski definition) is 3. The second kappa shape index (κ2) is 12.6. The van der Waals surface area contributed by atoms with E-state index in [1.165, 1.54) is 23.3 Å². The van der Waals surface area contributed by atoms with Gasteiger partial charge in [0.2, 0.25) is 0 Å². The first kappa shape index (κ1) is 28.4. The normalized spacial score (nSPS) is 15.6. The first-order chi connectivity index (χ1) is 19.8. The summed E-state index contributed by atoms with van der Waals surface area (Å²) in [5.74, 6) is -0.269. The molecular weight excluding hydrogens is 535 g/mol. The summed E-state index contributed by atoms with van der Waals surface area (Å²) in [7, 11) is 0. The SMILES string of the molecule is O=C(Nc1cccc(C(F)(F)F)c1)Nc1ccc(N2CCc3ccccc3C2)c(C(=O)NCCN2CCOCC2)c1. The average Bonchev–Trinajstić information content (AvgIpc) is 2.97. The second-order valence-corrected chi connectivity index (χ2v) is 10.0. The van der Waals surface area contributed by atoms with Crippen molar-refractivity contribution < 1.29 is 27.5 Å². The minimum atomic E-state index is -4.52. The summed E-state index contributed by atoms with van der Waals surface area (Å²) < 4.78 is 44.6. The van der Waals surface area contributed by atoms with E-state index in [0.717, 1.165) is 43.9 Å². The number of morpholine rings is 1. The van der Waals surface area contributed by atoms with Crippen LogP contribution in [0.5, 0.6) is 0 Å². The van der Waals surface area contributed by atoms with Crippen LogP contribution in [0, 0.1) is 0 Å². The summed E-state index contributed by atoms with van der Waals surface area (Å²) in [5, 5.41) is 8.08. The molecule has 0 saturated carbocycles. The Bertz CT molecular complexity index is 1390. The first-order valence-corrected chi connectivity index (χ1v) is 13.6. The Balaban J connectivity index is 1.32. The molecule has 41 heavy (non-hydrogen) atoms. The lowest BCUT2D eigenvalue weighted by atomic mass is 9.98. The van der Waals surface area contributed by atoms with Gasteiger partial charge < -0.3 is 25.6 Å². The summed E-state index contributed by atoms with van der Waals surface area (Å²) in [6.07, 6.45) is -3.68. The van der Waals surface area contributed by atoms with Crippen LogP contribution in [-0.4, -0.2) is 62.8 Å². The second-order valence-electron chi connectivity index (χ2n) is 10.0. The molecule has 8 nitrogen and oxygen atoms in total. The van der Waals surface area contributed by atoms with Crippen molar-refractivity contribution >= 4 is 29.0 Å². The van der Waals surface area contributed by atoms with Gasteiger partial charge in [0.1, 0.15) is 0 Å². The van der Waals surface area contributed by atoms with E-state index in [1.54, 1.807) is 18.2 Å². The number of hydrogen-bond acceptors (Lipinski definition) is 5. The summed E-state index contributed by atoms with van der Waals surface area (Å²) in [5.41, 5.74) is 3.11. The maximum absolute atomic E-state index is 13.4. The standard InChI is InChI=1S/C30H32F3N5O3/c31-30(32,33)23-6-3-7-24(18-23)35-29(40)36-25-8-9-27(38-12-10-21-4-1-2-5-22(21)20-38)26(19-25)28(39)34-11-13-37-14-16-41-17-15-37/h1-9,18-19H,10-17,20H2,(H,34,39)(H2,35,36,40). The lowest BCUT2D eigenvalue weighted by molar-refractivity contribution is -0.137. The maximum atomic E-state index is 13.4. The van der Waals surface area contributed by atoms with E-state index in [9.17, 15) is 22.8 Å². The molecule has 0 unspecified atom stereocenters. The lowest BCUT2D eigenvalue weighted by Crippen LogP contribution is -2.41. The molecule has 0 bridgehead atoms. The van der Waals surface area contributed by atoms with Crippen LogP contribution in [0.15, 0.2) is 66.7 Å². The highest BCUT2D eigenvalue weighted by Crippen LogP contribution is 2.31. The van der Waals surface area contributed by atoms with Gasteiger partial charge in [0.15, 0.2) is 0 Å². The third-order valence-electron chi connectivity index (χ3n) is 7.24. The monoisotopic (exact) mass is 567 g/mol. The van der Waals surface area contributed by atoms with Crippen LogP contribution in [-0.2, 0) is 23.9 Å². The smallest absolute Gasteiger partial charge is 0.379 e. The van der Waals surface area contributed by atoms with Crippen molar-refractivity contribution in [2.24, 2.45) is 0 Å². The van der Waals surface area contributed by atoms with Crippen molar-refractivity contribution in [2.75, 3.05) is 61.5 Å². The Morgan fingerprint density at radius 2 is 1.59 bits per heavy atom. The lowest BCUT2D eigenvalue weighted by Gasteiger charge is -2.32. The number of nitrogens with zero attached hydrogens (tertiary/aromatic N) is 2. The van der Waals surface area contributed by atoms with Gasteiger partial charge in [0.05, 0.1) is 24.3 Å². The fraction of sp³-hybridized carbons (Fsp3) is 0.333. The maximum Gasteiger partial charge on any atom is 0.416 e. The number of amides is 3. The Morgan fingerprint density at radius 3 is 2.34 bits per heavy atom. The topological polar surface area (TPSA) is 85.9 Å². The van der Waals surface area contributed by atoms with Gasteiger partial charge in [-0.1, -0.05) is 30.3 Å². The van der Waals surface area contributed by atoms with E-state index in [-0.39, 0.29) is 11.6 Å². The Hall–Kier alpha value is -4.09. The molecule has 2 heterocycles. The third kappa shape index (κ3) is 7.36. The quantitative estimate of drug-likeness (QED) is 0.375. The number of carbonyl (C=O) groups is 2. The average molecular weight is 568 g/mol. The minimum Gasteiger partial charge on any atom is -0.379 e. The van der Waals surface area contributed by atoms with Crippen molar-refractivity contribution in [3.8, 4) is 0 Å². The van der Waals surface area contributed by atoms with Crippen LogP contribution < -0.4 is 20.9 Å². The number of fused-ring (bicyclic) bond motifs is 1. The van der Waals surface area contributed by atoms with Gasteiger partial charge in [-0.25, -0.2) is 4.79 Å². The number of nitrogens with one attached hydrogen (secondary N) is 3. The molecule has 0 aliphatic carbocycles. The first-order valence-electron chi connectivity index (χ1n) is 13.6. The predicted molar refractivity (Wildman–Crippen MR) is 151 cm³/mol. The Morgan fingerprint density at radius 1 is 0.854 bits per heavy atom. The van der Waals surface area contributed by atoms with Crippen LogP contribution >= 0.6 is 0 Å². The van der Waals surface area contributed by atoms with E-state index in [4.69, 9.17) is 4.74 Å². The van der Waals surface area contributed by atoms with Gasteiger partial charge in [-0.15, -0.1) is 0 Å². The molecule has 3 amide bonds.